The molecule has 1 unspecified atom stereocenters. The molecule has 0 aromatic carbocycles. The molecule has 0 saturated carbocycles. The van der Waals surface area contributed by atoms with E-state index in [-0.39, 0.29) is 5.91 Å². The van der Waals surface area contributed by atoms with Crippen LogP contribution in [0.25, 0.3) is 0 Å². The molecule has 82 valence electrons. The number of thiophene rings is 1. The lowest BCUT2D eigenvalue weighted by atomic mass is 10.2. The van der Waals surface area contributed by atoms with Gasteiger partial charge in [-0.2, -0.15) is 11.8 Å². The Morgan fingerprint density at radius 2 is 2.47 bits per heavy atom. The van der Waals surface area contributed by atoms with Crippen LogP contribution in [0, 0.1) is 0 Å². The van der Waals surface area contributed by atoms with Crippen molar-refractivity contribution in [2.24, 2.45) is 0 Å². The summed E-state index contributed by atoms with van der Waals surface area (Å²) in [7, 11) is 0. The van der Waals surface area contributed by atoms with E-state index in [0.29, 0.717) is 6.04 Å². The molecule has 2 nitrogen and oxygen atoms in total. The van der Waals surface area contributed by atoms with Gasteiger partial charge in [-0.25, -0.2) is 0 Å². The topological polar surface area (TPSA) is 29.1 Å². The maximum Gasteiger partial charge on any atom is 0.262 e. The average molecular weight is 306 g/mol. The molecule has 0 radical (unpaired) electrons. The lowest BCUT2D eigenvalue weighted by Gasteiger charge is -2.22. The van der Waals surface area contributed by atoms with Crippen molar-refractivity contribution in [2.75, 3.05) is 11.5 Å². The van der Waals surface area contributed by atoms with Crippen LogP contribution in [-0.4, -0.2) is 23.5 Å². The van der Waals surface area contributed by atoms with Gasteiger partial charge in [0, 0.05) is 16.3 Å². The van der Waals surface area contributed by atoms with Crippen molar-refractivity contribution in [1.82, 2.24) is 5.32 Å². The number of thioether (sulfide) groups is 1. The molecular formula is C10H12BrNOS2. The van der Waals surface area contributed by atoms with Gasteiger partial charge in [-0.05, 0) is 46.0 Å². The molecule has 5 heteroatoms. The Kier molecular flexibility index (Phi) is 4.11. The summed E-state index contributed by atoms with van der Waals surface area (Å²) < 4.78 is 0.897. The average Bonchev–Trinajstić information content (AvgIpc) is 2.66. The molecule has 1 amide bonds. The van der Waals surface area contributed by atoms with E-state index >= 15 is 0 Å². The first kappa shape index (κ1) is 11.5. The zero-order valence-electron chi connectivity index (χ0n) is 8.16. The lowest BCUT2D eigenvalue weighted by Crippen LogP contribution is -2.38. The highest BCUT2D eigenvalue weighted by atomic mass is 79.9. The summed E-state index contributed by atoms with van der Waals surface area (Å²) in [4.78, 5) is 12.6. The summed E-state index contributed by atoms with van der Waals surface area (Å²) in [5.41, 5.74) is 0. The second kappa shape index (κ2) is 5.37. The van der Waals surface area contributed by atoms with Gasteiger partial charge < -0.3 is 5.32 Å². The fraction of sp³-hybridized carbons (Fsp3) is 0.500. The van der Waals surface area contributed by atoms with Gasteiger partial charge in [0.15, 0.2) is 0 Å². The Hall–Kier alpha value is -0.000000000000000111. The molecule has 1 aliphatic rings. The minimum atomic E-state index is 0.0596. The number of carbonyl (C=O) groups is 1. The number of hydrogen-bond acceptors (Lipinski definition) is 3. The summed E-state index contributed by atoms with van der Waals surface area (Å²) in [6.07, 6.45) is 2.32. The fourth-order valence-corrected chi connectivity index (χ4v) is 4.09. The Bertz CT molecular complexity index is 347. The normalized spacial score (nSPS) is 21.3. The first-order valence-electron chi connectivity index (χ1n) is 4.89. The van der Waals surface area contributed by atoms with Crippen LogP contribution >= 0.6 is 39.0 Å². The van der Waals surface area contributed by atoms with Crippen molar-refractivity contribution in [2.45, 2.75) is 18.9 Å². The molecular weight excluding hydrogens is 294 g/mol. The third kappa shape index (κ3) is 2.98. The number of amides is 1. The summed E-state index contributed by atoms with van der Waals surface area (Å²) >= 11 is 6.78. The molecule has 1 aromatic rings. The highest BCUT2D eigenvalue weighted by molar-refractivity contribution is 9.10. The summed E-state index contributed by atoms with van der Waals surface area (Å²) in [5, 5.41) is 5.01. The molecule has 1 atom stereocenters. The standard InChI is InChI=1S/C10H12BrNOS2/c11-8-3-5-15-9(8)10(13)12-7-2-1-4-14-6-7/h3,5,7H,1-2,4,6H2,(H,12,13). The molecule has 0 aliphatic carbocycles. The zero-order chi connectivity index (χ0) is 10.7. The predicted octanol–water partition coefficient (Wildman–Crippen LogP) is 3.14. The number of halogens is 1. The van der Waals surface area contributed by atoms with Crippen molar-refractivity contribution in [3.05, 3.63) is 20.8 Å². The van der Waals surface area contributed by atoms with E-state index in [4.69, 9.17) is 0 Å². The van der Waals surface area contributed by atoms with E-state index in [1.807, 2.05) is 23.2 Å². The van der Waals surface area contributed by atoms with Crippen molar-refractivity contribution >= 4 is 44.9 Å². The molecule has 2 rings (SSSR count). The lowest BCUT2D eigenvalue weighted by molar-refractivity contribution is 0.0942. The van der Waals surface area contributed by atoms with Gasteiger partial charge in [0.2, 0.25) is 0 Å². The van der Waals surface area contributed by atoms with Crippen LogP contribution in [0.3, 0.4) is 0 Å². The van der Waals surface area contributed by atoms with E-state index in [2.05, 4.69) is 21.2 Å². The van der Waals surface area contributed by atoms with Crippen LogP contribution in [-0.2, 0) is 0 Å². The molecule has 1 saturated heterocycles. The van der Waals surface area contributed by atoms with Gasteiger partial charge in [0.05, 0.1) is 0 Å². The number of hydrogen-bond donors (Lipinski definition) is 1. The highest BCUT2D eigenvalue weighted by Gasteiger charge is 2.18. The van der Waals surface area contributed by atoms with Gasteiger partial charge in [-0.3, -0.25) is 4.79 Å². The van der Waals surface area contributed by atoms with E-state index in [1.54, 1.807) is 0 Å². The second-order valence-electron chi connectivity index (χ2n) is 3.49. The smallest absolute Gasteiger partial charge is 0.262 e. The maximum atomic E-state index is 11.9. The van der Waals surface area contributed by atoms with E-state index in [9.17, 15) is 4.79 Å². The summed E-state index contributed by atoms with van der Waals surface area (Å²) in [6, 6.07) is 2.26. The first-order chi connectivity index (χ1) is 7.27. The quantitative estimate of drug-likeness (QED) is 0.909. The molecule has 1 fully saturated rings. The Labute approximate surface area is 106 Å². The third-order valence-corrected chi connectivity index (χ3v) is 5.37. The second-order valence-corrected chi connectivity index (χ2v) is 6.41. The summed E-state index contributed by atoms with van der Waals surface area (Å²) in [6.45, 7) is 0. The minimum Gasteiger partial charge on any atom is -0.348 e. The zero-order valence-corrected chi connectivity index (χ0v) is 11.4. The van der Waals surface area contributed by atoms with Gasteiger partial charge in [0.25, 0.3) is 5.91 Å². The maximum absolute atomic E-state index is 11.9. The van der Waals surface area contributed by atoms with Crippen LogP contribution in [0.5, 0.6) is 0 Å². The van der Waals surface area contributed by atoms with Crippen molar-refractivity contribution in [3.63, 3.8) is 0 Å². The van der Waals surface area contributed by atoms with Crippen LogP contribution in [0.1, 0.15) is 22.5 Å². The van der Waals surface area contributed by atoms with Crippen LogP contribution in [0.15, 0.2) is 15.9 Å². The number of rotatable bonds is 2. The minimum absolute atomic E-state index is 0.0596. The highest BCUT2D eigenvalue weighted by Crippen LogP contribution is 2.23. The van der Waals surface area contributed by atoms with E-state index < -0.39 is 0 Å². The predicted molar refractivity (Wildman–Crippen MR) is 69.8 cm³/mol. The van der Waals surface area contributed by atoms with Gasteiger partial charge in [-0.1, -0.05) is 0 Å². The largest absolute Gasteiger partial charge is 0.348 e. The van der Waals surface area contributed by atoms with Crippen molar-refractivity contribution < 1.29 is 4.79 Å². The molecule has 0 spiro atoms. The summed E-state index contributed by atoms with van der Waals surface area (Å²) in [5.74, 6) is 2.34. The molecule has 0 bridgehead atoms. The third-order valence-electron chi connectivity index (χ3n) is 2.32. The SMILES string of the molecule is O=C(NC1CCCSC1)c1sccc1Br. The van der Waals surface area contributed by atoms with Crippen LogP contribution < -0.4 is 5.32 Å². The van der Waals surface area contributed by atoms with Crippen molar-refractivity contribution in [1.29, 1.82) is 0 Å². The number of carbonyl (C=O) groups excluding carboxylic acids is 1. The molecule has 15 heavy (non-hydrogen) atoms. The van der Waals surface area contributed by atoms with Crippen molar-refractivity contribution in [3.8, 4) is 0 Å². The number of nitrogens with one attached hydrogen (secondary N) is 1. The monoisotopic (exact) mass is 305 g/mol. The van der Waals surface area contributed by atoms with Crippen LogP contribution in [0.4, 0.5) is 0 Å². The van der Waals surface area contributed by atoms with Gasteiger partial charge in [-0.15, -0.1) is 11.3 Å². The molecule has 1 aliphatic heterocycles. The molecule has 1 aromatic heterocycles. The molecule has 2 heterocycles. The Morgan fingerprint density at radius 3 is 3.07 bits per heavy atom. The van der Waals surface area contributed by atoms with Gasteiger partial charge >= 0.3 is 0 Å². The van der Waals surface area contributed by atoms with E-state index in [0.717, 1.165) is 21.5 Å². The molecule has 1 N–H and O–H groups in total. The van der Waals surface area contributed by atoms with E-state index in [1.165, 1.54) is 23.5 Å². The van der Waals surface area contributed by atoms with Gasteiger partial charge in [0.1, 0.15) is 4.88 Å². The fourth-order valence-electron chi connectivity index (χ4n) is 1.56. The first-order valence-corrected chi connectivity index (χ1v) is 7.71. The Morgan fingerprint density at radius 1 is 1.60 bits per heavy atom. The Balaban J connectivity index is 1.94. The van der Waals surface area contributed by atoms with Crippen LogP contribution in [0.2, 0.25) is 0 Å².